The predicted molar refractivity (Wildman–Crippen MR) is 61.2 cm³/mol. The molecule has 4 nitrogen and oxygen atoms in total. The van der Waals surface area contributed by atoms with Gasteiger partial charge in [0.15, 0.2) is 0 Å². The van der Waals surface area contributed by atoms with Gasteiger partial charge in [0.05, 0.1) is 11.8 Å². The number of hydrogen-bond acceptors (Lipinski definition) is 2. The van der Waals surface area contributed by atoms with Crippen LogP contribution in [0.1, 0.15) is 19.3 Å². The van der Waals surface area contributed by atoms with E-state index in [4.69, 9.17) is 0 Å². The maximum Gasteiger partial charge on any atom is 0.307 e. The second-order valence-electron chi connectivity index (χ2n) is 5.37. The summed E-state index contributed by atoms with van der Waals surface area (Å²) in [5, 5.41) is 9.29. The minimum Gasteiger partial charge on any atom is -0.481 e. The van der Waals surface area contributed by atoms with Gasteiger partial charge in [0.1, 0.15) is 0 Å². The Balaban J connectivity index is 1.83. The fourth-order valence-electron chi connectivity index (χ4n) is 3.64. The van der Waals surface area contributed by atoms with Crippen molar-refractivity contribution in [2.45, 2.75) is 19.3 Å². The highest BCUT2D eigenvalue weighted by molar-refractivity contribution is 5.87. The number of fused-ring (bicyclic) bond motifs is 2. The van der Waals surface area contributed by atoms with Crippen molar-refractivity contribution in [1.29, 1.82) is 0 Å². The first kappa shape index (κ1) is 10.8. The Morgan fingerprint density at radius 1 is 1.06 bits per heavy atom. The van der Waals surface area contributed by atoms with Crippen LogP contribution in [0.25, 0.3) is 0 Å². The van der Waals surface area contributed by atoms with Crippen LogP contribution < -0.4 is 0 Å². The number of hydrogen-bond donors (Lipinski definition) is 1. The van der Waals surface area contributed by atoms with E-state index in [9.17, 15) is 14.7 Å². The van der Waals surface area contributed by atoms with Crippen LogP contribution in [0.15, 0.2) is 12.2 Å². The largest absolute Gasteiger partial charge is 0.481 e. The highest BCUT2D eigenvalue weighted by atomic mass is 16.4. The average molecular weight is 235 g/mol. The molecule has 0 aromatic heterocycles. The zero-order valence-electron chi connectivity index (χ0n) is 9.71. The summed E-state index contributed by atoms with van der Waals surface area (Å²) in [5.74, 6) is -1.28. The molecular formula is C13H17NO3. The first-order chi connectivity index (χ1) is 8.18. The van der Waals surface area contributed by atoms with Gasteiger partial charge >= 0.3 is 5.97 Å². The summed E-state index contributed by atoms with van der Waals surface area (Å²) in [5.41, 5.74) is 0. The Labute approximate surface area is 100 Å². The van der Waals surface area contributed by atoms with E-state index >= 15 is 0 Å². The lowest BCUT2D eigenvalue weighted by Gasteiger charge is -2.28. The van der Waals surface area contributed by atoms with Crippen LogP contribution in [0.3, 0.4) is 0 Å². The zero-order valence-corrected chi connectivity index (χ0v) is 9.71. The Bertz CT molecular complexity index is 384. The number of carboxylic acids is 1. The molecule has 1 saturated heterocycles. The molecule has 2 fully saturated rings. The number of carboxylic acid groups (broad SMARTS) is 1. The molecule has 0 radical (unpaired) electrons. The number of allylic oxidation sites excluding steroid dienone is 2. The normalized spacial score (nSPS) is 38.9. The Kier molecular flexibility index (Phi) is 2.45. The number of amides is 1. The second kappa shape index (κ2) is 3.86. The number of nitrogens with zero attached hydrogens (tertiary/aromatic N) is 1. The van der Waals surface area contributed by atoms with Crippen LogP contribution in [-0.2, 0) is 9.59 Å². The van der Waals surface area contributed by atoms with Crippen LogP contribution in [0.5, 0.6) is 0 Å². The van der Waals surface area contributed by atoms with Crippen LogP contribution in [0, 0.1) is 23.7 Å². The summed E-state index contributed by atoms with van der Waals surface area (Å²) < 4.78 is 0. The average Bonchev–Trinajstić information content (AvgIpc) is 3.02. The van der Waals surface area contributed by atoms with Crippen LogP contribution in [0.2, 0.25) is 0 Å². The molecule has 1 N–H and O–H groups in total. The molecule has 1 saturated carbocycles. The molecule has 17 heavy (non-hydrogen) atoms. The number of carbonyl (C=O) groups excluding carboxylic acids is 1. The SMILES string of the molecule is O=C(O)[C@@H]1[C@@H](C(=O)N2CCCC2)[C@@H]2C=C[C@H]1C2. The molecular weight excluding hydrogens is 218 g/mol. The highest BCUT2D eigenvalue weighted by Crippen LogP contribution is 2.48. The summed E-state index contributed by atoms with van der Waals surface area (Å²) in [6.45, 7) is 1.62. The molecule has 0 unspecified atom stereocenters. The Hall–Kier alpha value is -1.32. The summed E-state index contributed by atoms with van der Waals surface area (Å²) in [4.78, 5) is 25.6. The molecule has 3 rings (SSSR count). The fraction of sp³-hybridized carbons (Fsp3) is 0.692. The second-order valence-corrected chi connectivity index (χ2v) is 5.37. The van der Waals surface area contributed by atoms with E-state index in [-0.39, 0.29) is 23.7 Å². The predicted octanol–water partition coefficient (Wildman–Crippen LogP) is 1.13. The van der Waals surface area contributed by atoms with Crippen molar-refractivity contribution in [3.8, 4) is 0 Å². The third-order valence-corrected chi connectivity index (χ3v) is 4.45. The van der Waals surface area contributed by atoms with Crippen LogP contribution in [-0.4, -0.2) is 35.0 Å². The molecule has 0 aromatic carbocycles. The standard InChI is InChI=1S/C13H17NO3/c15-12(14-5-1-2-6-14)10-8-3-4-9(7-8)11(10)13(16)17/h3-4,8-11H,1-2,5-7H2,(H,16,17)/t8-,9+,10+,11+/m1/s1. The third-order valence-electron chi connectivity index (χ3n) is 4.45. The van der Waals surface area contributed by atoms with Gasteiger partial charge in [-0.1, -0.05) is 12.2 Å². The van der Waals surface area contributed by atoms with E-state index in [0.29, 0.717) is 0 Å². The van der Waals surface area contributed by atoms with Crippen molar-refractivity contribution < 1.29 is 14.7 Å². The maximum absolute atomic E-state index is 12.4. The summed E-state index contributed by atoms with van der Waals surface area (Å²) in [6.07, 6.45) is 6.99. The van der Waals surface area contributed by atoms with Gasteiger partial charge in [0.25, 0.3) is 0 Å². The molecule has 4 heteroatoms. The minimum atomic E-state index is -0.806. The summed E-state index contributed by atoms with van der Waals surface area (Å²) in [7, 11) is 0. The molecule has 92 valence electrons. The van der Waals surface area contributed by atoms with Crippen LogP contribution >= 0.6 is 0 Å². The molecule has 2 bridgehead atoms. The molecule has 1 amide bonds. The lowest BCUT2D eigenvalue weighted by molar-refractivity contribution is -0.150. The summed E-state index contributed by atoms with van der Waals surface area (Å²) in [6, 6.07) is 0. The number of carbonyl (C=O) groups is 2. The number of likely N-dealkylation sites (tertiary alicyclic amines) is 1. The molecule has 1 aliphatic heterocycles. The van der Waals surface area contributed by atoms with Crippen LogP contribution in [0.4, 0.5) is 0 Å². The van der Waals surface area contributed by atoms with Crippen molar-refractivity contribution in [3.05, 3.63) is 12.2 Å². The van der Waals surface area contributed by atoms with E-state index < -0.39 is 11.9 Å². The molecule has 1 heterocycles. The van der Waals surface area contributed by atoms with Gasteiger partial charge < -0.3 is 10.0 Å². The fourth-order valence-corrected chi connectivity index (χ4v) is 3.64. The van der Waals surface area contributed by atoms with Gasteiger partial charge in [0.2, 0.25) is 5.91 Å². The zero-order chi connectivity index (χ0) is 12.0. The molecule has 0 aromatic rings. The van der Waals surface area contributed by atoms with E-state index in [0.717, 1.165) is 32.4 Å². The maximum atomic E-state index is 12.4. The minimum absolute atomic E-state index is 0.0757. The Morgan fingerprint density at radius 2 is 1.65 bits per heavy atom. The van der Waals surface area contributed by atoms with Gasteiger partial charge in [-0.2, -0.15) is 0 Å². The first-order valence-electron chi connectivity index (χ1n) is 6.38. The quantitative estimate of drug-likeness (QED) is 0.730. The number of rotatable bonds is 2. The first-order valence-corrected chi connectivity index (χ1v) is 6.38. The lowest BCUT2D eigenvalue weighted by Crippen LogP contribution is -2.41. The van der Waals surface area contributed by atoms with Crippen molar-refractivity contribution in [2.24, 2.45) is 23.7 Å². The van der Waals surface area contributed by atoms with Crippen molar-refractivity contribution in [3.63, 3.8) is 0 Å². The molecule has 0 spiro atoms. The van der Waals surface area contributed by atoms with E-state index in [2.05, 4.69) is 0 Å². The Morgan fingerprint density at radius 3 is 2.24 bits per heavy atom. The van der Waals surface area contributed by atoms with E-state index in [1.165, 1.54) is 0 Å². The van der Waals surface area contributed by atoms with Gasteiger partial charge in [-0.15, -0.1) is 0 Å². The monoisotopic (exact) mass is 235 g/mol. The lowest BCUT2D eigenvalue weighted by atomic mass is 9.82. The molecule has 3 aliphatic rings. The van der Waals surface area contributed by atoms with Gasteiger partial charge in [-0.3, -0.25) is 9.59 Å². The van der Waals surface area contributed by atoms with Gasteiger partial charge in [-0.05, 0) is 31.1 Å². The van der Waals surface area contributed by atoms with E-state index in [1.54, 1.807) is 0 Å². The topological polar surface area (TPSA) is 57.6 Å². The third kappa shape index (κ3) is 1.58. The van der Waals surface area contributed by atoms with Gasteiger partial charge in [0, 0.05) is 13.1 Å². The summed E-state index contributed by atoms with van der Waals surface area (Å²) >= 11 is 0. The van der Waals surface area contributed by atoms with Gasteiger partial charge in [-0.25, -0.2) is 0 Å². The highest BCUT2D eigenvalue weighted by Gasteiger charge is 2.52. The van der Waals surface area contributed by atoms with Crippen molar-refractivity contribution >= 4 is 11.9 Å². The van der Waals surface area contributed by atoms with E-state index in [1.807, 2.05) is 17.1 Å². The number of aliphatic carboxylic acids is 1. The molecule has 4 atom stereocenters. The smallest absolute Gasteiger partial charge is 0.307 e. The van der Waals surface area contributed by atoms with Crippen molar-refractivity contribution in [1.82, 2.24) is 4.90 Å². The van der Waals surface area contributed by atoms with Crippen molar-refractivity contribution in [2.75, 3.05) is 13.1 Å². The molecule has 2 aliphatic carbocycles.